The van der Waals surface area contributed by atoms with E-state index >= 15 is 0 Å². The molecule has 0 fully saturated rings. The van der Waals surface area contributed by atoms with Gasteiger partial charge in [0.1, 0.15) is 27.6 Å². The lowest BCUT2D eigenvalue weighted by Crippen LogP contribution is -2.27. The van der Waals surface area contributed by atoms with Crippen LogP contribution in [0.4, 0.5) is 4.39 Å². The van der Waals surface area contributed by atoms with Crippen molar-refractivity contribution in [1.82, 2.24) is 14.5 Å². The van der Waals surface area contributed by atoms with E-state index in [0.717, 1.165) is 4.57 Å². The largest absolute Gasteiger partial charge is 0.355 e. The van der Waals surface area contributed by atoms with Gasteiger partial charge in [0.05, 0.1) is 6.54 Å². The highest BCUT2D eigenvalue weighted by Gasteiger charge is 2.22. The van der Waals surface area contributed by atoms with Crippen molar-refractivity contribution in [2.24, 2.45) is 0 Å². The zero-order valence-corrected chi connectivity index (χ0v) is 12.6. The second-order valence-corrected chi connectivity index (χ2v) is 5.60. The predicted molar refractivity (Wildman–Crippen MR) is 89.9 cm³/mol. The molecule has 0 amide bonds. The average molecular weight is 339 g/mol. The van der Waals surface area contributed by atoms with Crippen molar-refractivity contribution in [3.63, 3.8) is 0 Å². The Bertz CT molecular complexity index is 1270. The molecule has 0 spiro atoms. The second kappa shape index (κ2) is 5.23. The second-order valence-electron chi connectivity index (χ2n) is 5.60. The highest BCUT2D eigenvalue weighted by atomic mass is 19.1. The van der Waals surface area contributed by atoms with Crippen LogP contribution in [0.1, 0.15) is 5.56 Å². The molecule has 2 aromatic heterocycles. The van der Waals surface area contributed by atoms with Gasteiger partial charge >= 0.3 is 0 Å². The van der Waals surface area contributed by atoms with Gasteiger partial charge in [0, 0.05) is 12.4 Å². The van der Waals surface area contributed by atoms with Crippen molar-refractivity contribution in [3.8, 4) is 0 Å². The van der Waals surface area contributed by atoms with Gasteiger partial charge in [-0.05, 0) is 17.7 Å². The highest BCUT2D eigenvalue weighted by Crippen LogP contribution is 2.06. The molecule has 0 saturated carbocycles. The summed E-state index contributed by atoms with van der Waals surface area (Å²) in [5, 5.41) is -0.860. The summed E-state index contributed by atoms with van der Waals surface area (Å²) in [6, 6.07) is 5.24. The number of hydrogen-bond donors (Lipinski definition) is 2. The van der Waals surface area contributed by atoms with Gasteiger partial charge in [-0.3, -0.25) is 23.7 Å². The van der Waals surface area contributed by atoms with Crippen LogP contribution in [0.25, 0.3) is 21.8 Å². The topological polar surface area (TPSA) is 105 Å². The van der Waals surface area contributed by atoms with Gasteiger partial charge in [-0.1, -0.05) is 12.1 Å². The summed E-state index contributed by atoms with van der Waals surface area (Å²) in [5.41, 5.74) is -2.69. The molecule has 0 aliphatic heterocycles. The van der Waals surface area contributed by atoms with Crippen LogP contribution in [0.15, 0.2) is 55.8 Å². The third-order valence-corrected chi connectivity index (χ3v) is 4.12. The van der Waals surface area contributed by atoms with Gasteiger partial charge in [0.15, 0.2) is 0 Å². The van der Waals surface area contributed by atoms with Crippen molar-refractivity contribution in [1.29, 1.82) is 0 Å². The monoisotopic (exact) mass is 339 g/mol. The molecule has 0 aliphatic rings. The normalized spacial score (nSPS) is 11.4. The summed E-state index contributed by atoms with van der Waals surface area (Å²) in [4.78, 5) is 55.4. The minimum atomic E-state index is -0.828. The molecule has 8 heteroatoms. The summed E-state index contributed by atoms with van der Waals surface area (Å²) in [6.45, 7) is -0.157. The van der Waals surface area contributed by atoms with Crippen LogP contribution in [0.5, 0.6) is 0 Å². The number of nitrogens with zero attached hydrogens (tertiary/aromatic N) is 1. The fourth-order valence-corrected chi connectivity index (χ4v) is 2.92. The lowest BCUT2D eigenvalue weighted by atomic mass is 10.1. The van der Waals surface area contributed by atoms with Crippen molar-refractivity contribution < 1.29 is 4.39 Å². The quantitative estimate of drug-likeness (QED) is 0.555. The molecule has 0 radical (unpaired) electrons. The van der Waals surface area contributed by atoms with Crippen LogP contribution < -0.4 is 22.0 Å². The van der Waals surface area contributed by atoms with Crippen molar-refractivity contribution in [3.05, 3.63) is 89.2 Å². The van der Waals surface area contributed by atoms with E-state index in [1.54, 1.807) is 0 Å². The van der Waals surface area contributed by atoms with Gasteiger partial charge in [-0.25, -0.2) is 4.39 Å². The SMILES string of the molecule is O=c1c2[nH]cc[nH]c2c(=O)c2c(=O)n(Cc3ccc(F)cc3)c(=O)c12. The molecule has 2 aromatic carbocycles. The minimum absolute atomic E-state index is 0.0592. The van der Waals surface area contributed by atoms with Crippen LogP contribution >= 0.6 is 0 Å². The van der Waals surface area contributed by atoms with E-state index < -0.39 is 38.6 Å². The number of nitrogens with one attached hydrogen (secondary N) is 2. The zero-order valence-electron chi connectivity index (χ0n) is 12.6. The number of halogens is 1. The Morgan fingerprint density at radius 2 is 1.28 bits per heavy atom. The smallest absolute Gasteiger partial charge is 0.266 e. The molecular formula is C17H10FN3O4. The summed E-state index contributed by atoms with van der Waals surface area (Å²) < 4.78 is 13.8. The number of rotatable bonds is 2. The van der Waals surface area contributed by atoms with Crippen LogP contribution in [0.3, 0.4) is 0 Å². The number of aromatic nitrogens is 3. The van der Waals surface area contributed by atoms with Gasteiger partial charge in [-0.15, -0.1) is 0 Å². The van der Waals surface area contributed by atoms with E-state index in [1.807, 2.05) is 0 Å². The summed E-state index contributed by atoms with van der Waals surface area (Å²) in [7, 11) is 0. The summed E-state index contributed by atoms with van der Waals surface area (Å²) >= 11 is 0. The Morgan fingerprint density at radius 3 is 1.76 bits per heavy atom. The fraction of sp³-hybridized carbons (Fsp3) is 0.0588. The Kier molecular flexibility index (Phi) is 3.14. The minimum Gasteiger partial charge on any atom is -0.355 e. The molecule has 4 rings (SSSR count). The standard InChI is InChI=1S/C17H10FN3O4/c18-9-3-1-8(2-4-9)7-21-16(24)10-11(17(21)25)15(23)13-12(14(10)22)19-5-6-20-13/h1-6,19-20H,7H2. The first kappa shape index (κ1) is 15.0. The number of aromatic amines is 2. The number of fused-ring (bicyclic) bond motifs is 2. The lowest BCUT2D eigenvalue weighted by Gasteiger charge is -2.00. The third-order valence-electron chi connectivity index (χ3n) is 4.12. The molecule has 0 saturated heterocycles. The van der Waals surface area contributed by atoms with E-state index in [9.17, 15) is 23.6 Å². The van der Waals surface area contributed by atoms with Gasteiger partial charge < -0.3 is 9.97 Å². The first-order valence-electron chi connectivity index (χ1n) is 7.35. The molecule has 0 bridgehead atoms. The molecule has 2 N–H and O–H groups in total. The number of benzene rings is 2. The Labute approximate surface area is 137 Å². The molecule has 7 nitrogen and oxygen atoms in total. The van der Waals surface area contributed by atoms with Gasteiger partial charge in [0.25, 0.3) is 11.1 Å². The number of hydrogen-bond acceptors (Lipinski definition) is 4. The van der Waals surface area contributed by atoms with E-state index in [0.29, 0.717) is 5.56 Å². The summed E-state index contributed by atoms with van der Waals surface area (Å²) in [5.74, 6) is -0.452. The predicted octanol–water partition coefficient (Wildman–Crippen LogP) is 0.517. The Balaban J connectivity index is 2.08. The van der Waals surface area contributed by atoms with E-state index in [-0.39, 0.29) is 17.6 Å². The lowest BCUT2D eigenvalue weighted by molar-refractivity contribution is 0.626. The van der Waals surface area contributed by atoms with E-state index in [1.165, 1.54) is 36.7 Å². The fourth-order valence-electron chi connectivity index (χ4n) is 2.92. The van der Waals surface area contributed by atoms with Crippen LogP contribution in [0.2, 0.25) is 0 Å². The van der Waals surface area contributed by atoms with Gasteiger partial charge in [-0.2, -0.15) is 0 Å². The molecule has 0 aliphatic carbocycles. The molecule has 0 atom stereocenters. The molecule has 2 heterocycles. The maximum absolute atomic E-state index is 13.0. The Hall–Kier alpha value is -3.55. The average Bonchev–Trinajstić information content (AvgIpc) is 2.86. The van der Waals surface area contributed by atoms with Crippen LogP contribution in [-0.2, 0) is 6.54 Å². The van der Waals surface area contributed by atoms with Crippen LogP contribution in [-0.4, -0.2) is 14.5 Å². The molecule has 4 aromatic rings. The van der Waals surface area contributed by atoms with E-state index in [2.05, 4.69) is 9.97 Å². The zero-order chi connectivity index (χ0) is 17.7. The third kappa shape index (κ3) is 2.11. The van der Waals surface area contributed by atoms with Gasteiger partial charge in [0.2, 0.25) is 10.9 Å². The summed E-state index contributed by atoms with van der Waals surface area (Å²) in [6.07, 6.45) is 2.82. The maximum atomic E-state index is 13.0. The highest BCUT2D eigenvalue weighted by molar-refractivity contribution is 5.93. The molecule has 0 unspecified atom stereocenters. The first-order valence-corrected chi connectivity index (χ1v) is 7.35. The van der Waals surface area contributed by atoms with Crippen molar-refractivity contribution in [2.75, 3.05) is 0 Å². The molecule has 25 heavy (non-hydrogen) atoms. The van der Waals surface area contributed by atoms with Crippen molar-refractivity contribution >= 4 is 21.8 Å². The van der Waals surface area contributed by atoms with Crippen LogP contribution in [0, 0.1) is 5.82 Å². The first-order chi connectivity index (χ1) is 12.0. The van der Waals surface area contributed by atoms with Crippen molar-refractivity contribution in [2.45, 2.75) is 6.54 Å². The maximum Gasteiger partial charge on any atom is 0.266 e. The Morgan fingerprint density at radius 1 is 0.800 bits per heavy atom. The number of H-pyrrole nitrogens is 2. The molecule has 124 valence electrons. The molecular weight excluding hydrogens is 329 g/mol. The van der Waals surface area contributed by atoms with E-state index in [4.69, 9.17) is 0 Å².